The third-order valence-electron chi connectivity index (χ3n) is 6.11. The van der Waals surface area contributed by atoms with Gasteiger partial charge in [-0.2, -0.15) is 8.42 Å². The Kier molecular flexibility index (Phi) is 11.7. The third-order valence-corrected chi connectivity index (χ3v) is 6.80. The van der Waals surface area contributed by atoms with Gasteiger partial charge in [0.15, 0.2) is 6.61 Å². The molecule has 202 valence electrons. The van der Waals surface area contributed by atoms with E-state index in [1.165, 1.54) is 0 Å². The number of aliphatic hydroxyl groups is 1. The zero-order chi connectivity index (χ0) is 26.9. The minimum atomic E-state index is -4.53. The van der Waals surface area contributed by atoms with E-state index in [9.17, 15) is 18.3 Å². The molecule has 1 aromatic carbocycles. The van der Waals surface area contributed by atoms with Gasteiger partial charge in [-0.25, -0.2) is 4.18 Å². The van der Waals surface area contributed by atoms with Crippen molar-refractivity contribution in [3.63, 3.8) is 0 Å². The fraction of sp³-hybridized carbons (Fsp3) is 0.600. The maximum atomic E-state index is 12.9. The number of halogens is 1. The lowest BCUT2D eigenvalue weighted by atomic mass is 9.79. The van der Waals surface area contributed by atoms with Crippen molar-refractivity contribution < 1.29 is 36.6 Å². The topological polar surface area (TPSA) is 132 Å². The molecule has 0 amide bonds. The maximum absolute atomic E-state index is 12.9. The highest BCUT2D eigenvalue weighted by atomic mass is 35.5. The number of rotatable bonds is 14. The van der Waals surface area contributed by atoms with E-state index >= 15 is 0 Å². The van der Waals surface area contributed by atoms with Crippen molar-refractivity contribution in [2.75, 3.05) is 13.2 Å². The molecule has 0 saturated heterocycles. The van der Waals surface area contributed by atoms with E-state index in [1.807, 2.05) is 27.7 Å². The summed E-state index contributed by atoms with van der Waals surface area (Å²) in [5, 5.41) is 15.5. The molecule has 2 rings (SSSR count). The van der Waals surface area contributed by atoms with Crippen LogP contribution in [0.2, 0.25) is 5.02 Å². The highest BCUT2D eigenvalue weighted by molar-refractivity contribution is 7.80. The van der Waals surface area contributed by atoms with Gasteiger partial charge in [-0.15, -0.1) is 0 Å². The number of nitrogens with zero attached hydrogens (tertiary/aromatic N) is 1. The Labute approximate surface area is 218 Å². The number of aliphatic hydroxyl groups excluding tert-OH is 1. The molecule has 9 nitrogen and oxygen atoms in total. The number of oxime groups is 1. The third kappa shape index (κ3) is 9.72. The van der Waals surface area contributed by atoms with Crippen molar-refractivity contribution in [1.82, 2.24) is 0 Å². The van der Waals surface area contributed by atoms with Gasteiger partial charge in [0, 0.05) is 11.4 Å². The van der Waals surface area contributed by atoms with Crippen molar-refractivity contribution in [2.45, 2.75) is 59.5 Å². The Hall–Kier alpha value is -2.14. The average Bonchev–Trinajstić information content (AvgIpc) is 2.80. The molecule has 2 N–H and O–H groups in total. The molecular weight excluding hydrogens is 510 g/mol. The van der Waals surface area contributed by atoms with Gasteiger partial charge in [0.25, 0.3) is 0 Å². The van der Waals surface area contributed by atoms with Crippen LogP contribution in [-0.2, 0) is 24.2 Å². The number of carbonyl (C=O) groups excluding carboxylic acids is 1. The Morgan fingerprint density at radius 2 is 1.86 bits per heavy atom. The molecule has 1 aliphatic carbocycles. The number of ether oxygens (including phenoxy) is 1. The largest absolute Gasteiger partial charge is 0.511 e. The van der Waals surface area contributed by atoms with Crippen molar-refractivity contribution in [3.05, 3.63) is 41.1 Å². The highest BCUT2D eigenvalue weighted by Crippen LogP contribution is 2.31. The summed E-state index contributed by atoms with van der Waals surface area (Å²) in [6, 6.07) is 7.03. The van der Waals surface area contributed by atoms with E-state index in [0.29, 0.717) is 35.7 Å². The second-order valence-corrected chi connectivity index (χ2v) is 10.8. The summed E-state index contributed by atoms with van der Waals surface area (Å²) in [6.07, 6.45) is 2.92. The van der Waals surface area contributed by atoms with E-state index in [-0.39, 0.29) is 55.0 Å². The van der Waals surface area contributed by atoms with Gasteiger partial charge >= 0.3 is 10.4 Å². The van der Waals surface area contributed by atoms with E-state index in [2.05, 4.69) is 9.34 Å². The van der Waals surface area contributed by atoms with Crippen LogP contribution in [0.25, 0.3) is 0 Å². The summed E-state index contributed by atoms with van der Waals surface area (Å²) in [5.74, 6) is -0.862. The number of hydrogen-bond acceptors (Lipinski definition) is 8. The molecule has 0 spiro atoms. The summed E-state index contributed by atoms with van der Waals surface area (Å²) in [6.45, 7) is 7.65. The molecule has 0 aromatic heterocycles. The molecule has 1 aromatic rings. The minimum absolute atomic E-state index is 0.0937. The monoisotopic (exact) mass is 545 g/mol. The van der Waals surface area contributed by atoms with Crippen LogP contribution in [0.1, 0.15) is 53.4 Å². The summed E-state index contributed by atoms with van der Waals surface area (Å²) < 4.78 is 41.0. The molecular formula is C25H36ClNO8S. The Morgan fingerprint density at radius 1 is 1.19 bits per heavy atom. The van der Waals surface area contributed by atoms with Crippen molar-refractivity contribution in [3.8, 4) is 5.75 Å². The zero-order valence-electron chi connectivity index (χ0n) is 21.1. The molecule has 0 bridgehead atoms. The maximum Gasteiger partial charge on any atom is 0.397 e. The van der Waals surface area contributed by atoms with Gasteiger partial charge in [-0.3, -0.25) is 9.35 Å². The second kappa shape index (κ2) is 14.0. The zero-order valence-corrected chi connectivity index (χ0v) is 22.7. The number of benzene rings is 1. The van der Waals surface area contributed by atoms with Gasteiger partial charge in [-0.1, -0.05) is 50.9 Å². The Morgan fingerprint density at radius 3 is 2.39 bits per heavy atom. The average molecular weight is 546 g/mol. The van der Waals surface area contributed by atoms with Crippen LogP contribution < -0.4 is 4.74 Å². The Bertz CT molecular complexity index is 1020. The van der Waals surface area contributed by atoms with Crippen LogP contribution in [0.3, 0.4) is 0 Å². The molecule has 4 unspecified atom stereocenters. The molecule has 36 heavy (non-hydrogen) atoms. The molecule has 0 fully saturated rings. The van der Waals surface area contributed by atoms with Crippen LogP contribution in [0.5, 0.6) is 5.75 Å². The number of hydrogen-bond donors (Lipinski definition) is 2. The SMILES string of the molecule is CCC(=NOCC(Oc1ccc(Cl)cc1)C(C)C)C1C(=O)CC(CC(CC)COS(=O)(=O)O)C=C1O. The van der Waals surface area contributed by atoms with E-state index in [4.69, 9.17) is 25.7 Å². The normalized spacial score (nSPS) is 20.7. The van der Waals surface area contributed by atoms with Crippen LogP contribution >= 0.6 is 11.6 Å². The molecule has 1 aliphatic rings. The number of ketones is 1. The number of carbonyl (C=O) groups is 1. The first-order chi connectivity index (χ1) is 16.9. The van der Waals surface area contributed by atoms with Gasteiger partial charge in [-0.05, 0) is 60.9 Å². The molecule has 11 heteroatoms. The molecule has 0 saturated carbocycles. The van der Waals surface area contributed by atoms with E-state index in [1.54, 1.807) is 30.3 Å². The van der Waals surface area contributed by atoms with Gasteiger partial charge in [0.05, 0.1) is 12.3 Å². The van der Waals surface area contributed by atoms with E-state index in [0.717, 1.165) is 0 Å². The van der Waals surface area contributed by atoms with Gasteiger partial charge in [0.2, 0.25) is 0 Å². The van der Waals surface area contributed by atoms with Crippen molar-refractivity contribution in [2.24, 2.45) is 28.8 Å². The predicted octanol–water partition coefficient (Wildman–Crippen LogP) is 5.41. The van der Waals surface area contributed by atoms with Crippen LogP contribution in [0.15, 0.2) is 41.3 Å². The quantitative estimate of drug-likeness (QED) is 0.180. The number of allylic oxidation sites excluding steroid dienone is 2. The molecule has 0 radical (unpaired) electrons. The molecule has 0 heterocycles. The Balaban J connectivity index is 2.03. The van der Waals surface area contributed by atoms with E-state index < -0.39 is 16.3 Å². The van der Waals surface area contributed by atoms with Gasteiger partial charge < -0.3 is 14.7 Å². The first-order valence-corrected chi connectivity index (χ1v) is 13.8. The molecule has 0 aliphatic heterocycles. The van der Waals surface area contributed by atoms with Gasteiger partial charge in [0.1, 0.15) is 29.3 Å². The fourth-order valence-electron chi connectivity index (χ4n) is 3.97. The summed E-state index contributed by atoms with van der Waals surface area (Å²) in [7, 11) is -4.53. The standard InChI is InChI=1S/C25H36ClNO8S/c1-5-17(14-34-36(30,31)32)11-18-12-22(28)25(23(29)13-18)21(6-2)27-33-15-24(16(3)4)35-20-9-7-19(26)8-10-20/h7-10,12,16-18,24-25,28H,5-6,11,13-15H2,1-4H3,(H,30,31,32). The van der Waals surface area contributed by atoms with Crippen LogP contribution in [0.4, 0.5) is 0 Å². The van der Waals surface area contributed by atoms with Crippen molar-refractivity contribution >= 4 is 33.5 Å². The van der Waals surface area contributed by atoms with Crippen LogP contribution in [-0.4, -0.2) is 48.9 Å². The lowest BCUT2D eigenvalue weighted by Crippen LogP contribution is -2.33. The summed E-state index contributed by atoms with van der Waals surface area (Å²) in [5.41, 5.74) is 0.419. The molecule has 4 atom stereocenters. The smallest absolute Gasteiger partial charge is 0.397 e. The highest BCUT2D eigenvalue weighted by Gasteiger charge is 2.35. The fourth-order valence-corrected chi connectivity index (χ4v) is 4.46. The van der Waals surface area contributed by atoms with Crippen LogP contribution in [0, 0.1) is 23.7 Å². The minimum Gasteiger partial charge on any atom is -0.511 e. The lowest BCUT2D eigenvalue weighted by Gasteiger charge is -2.27. The first kappa shape index (κ1) is 30.1. The first-order valence-electron chi connectivity index (χ1n) is 12.1. The lowest BCUT2D eigenvalue weighted by molar-refractivity contribution is -0.122. The summed E-state index contributed by atoms with van der Waals surface area (Å²) in [4.78, 5) is 18.5. The number of Topliss-reactive ketones (excluding diaryl/α,β-unsaturated/α-hetero) is 1. The van der Waals surface area contributed by atoms with Crippen molar-refractivity contribution in [1.29, 1.82) is 0 Å². The predicted molar refractivity (Wildman–Crippen MR) is 138 cm³/mol. The summed E-state index contributed by atoms with van der Waals surface area (Å²) >= 11 is 5.93. The second-order valence-electron chi connectivity index (χ2n) is 9.26.